The summed E-state index contributed by atoms with van der Waals surface area (Å²) in [5, 5.41) is 4.32. The largest absolute Gasteiger partial charge is 0.344 e. The Balaban J connectivity index is 1.66. The minimum absolute atomic E-state index is 0.212. The SMILES string of the molecule is CCC1(C)NC(=O)N(NC(=O)CN2C(=O)S/C(=C\c3cccs3)C2=O)C1=O. The van der Waals surface area contributed by atoms with Crippen LogP contribution in [-0.4, -0.2) is 51.0 Å². The van der Waals surface area contributed by atoms with Gasteiger partial charge in [-0.1, -0.05) is 13.0 Å². The molecule has 1 aromatic heterocycles. The Bertz CT molecular complexity index is 866. The number of rotatable bonds is 5. The molecule has 0 bridgehead atoms. The lowest BCUT2D eigenvalue weighted by molar-refractivity contribution is -0.139. The van der Waals surface area contributed by atoms with Gasteiger partial charge in [0.2, 0.25) is 0 Å². The molecule has 11 heteroatoms. The zero-order valence-electron chi connectivity index (χ0n) is 14.5. The number of thioether (sulfide) groups is 1. The number of carbonyl (C=O) groups excluding carboxylic acids is 5. The third kappa shape index (κ3) is 3.60. The Kier molecular flexibility index (Phi) is 5.07. The molecular weight excluding hydrogens is 392 g/mol. The van der Waals surface area contributed by atoms with E-state index in [1.54, 1.807) is 26.0 Å². The van der Waals surface area contributed by atoms with Gasteiger partial charge in [-0.3, -0.25) is 29.5 Å². The summed E-state index contributed by atoms with van der Waals surface area (Å²) in [5.41, 5.74) is 1.06. The average Bonchev–Trinajstić information content (AvgIpc) is 3.28. The maximum atomic E-state index is 12.4. The highest BCUT2D eigenvalue weighted by molar-refractivity contribution is 8.18. The molecule has 3 heterocycles. The molecule has 2 aliphatic rings. The Morgan fingerprint density at radius 1 is 1.33 bits per heavy atom. The van der Waals surface area contributed by atoms with Crippen LogP contribution in [0.3, 0.4) is 0 Å². The van der Waals surface area contributed by atoms with Crippen molar-refractivity contribution in [3.63, 3.8) is 0 Å². The van der Waals surface area contributed by atoms with Crippen LogP contribution in [0.15, 0.2) is 22.4 Å². The molecule has 2 saturated heterocycles. The predicted octanol–water partition coefficient (Wildman–Crippen LogP) is 1.54. The van der Waals surface area contributed by atoms with Crippen molar-refractivity contribution in [2.24, 2.45) is 0 Å². The third-order valence-electron chi connectivity index (χ3n) is 4.20. The van der Waals surface area contributed by atoms with Gasteiger partial charge < -0.3 is 5.32 Å². The third-order valence-corrected chi connectivity index (χ3v) is 5.92. The van der Waals surface area contributed by atoms with Gasteiger partial charge in [-0.2, -0.15) is 5.01 Å². The Hall–Kier alpha value is -2.66. The Morgan fingerprint density at radius 2 is 2.07 bits per heavy atom. The van der Waals surface area contributed by atoms with Gasteiger partial charge in [0.05, 0.1) is 4.91 Å². The number of amides is 6. The van der Waals surface area contributed by atoms with E-state index in [1.165, 1.54) is 11.3 Å². The second-order valence-corrected chi connectivity index (χ2v) is 8.05. The maximum Gasteiger partial charge on any atom is 0.344 e. The summed E-state index contributed by atoms with van der Waals surface area (Å²) in [6.07, 6.45) is 1.93. The number of hydrogen-bond acceptors (Lipinski definition) is 7. The summed E-state index contributed by atoms with van der Waals surface area (Å²) in [4.78, 5) is 62.6. The van der Waals surface area contributed by atoms with Crippen molar-refractivity contribution >= 4 is 58.2 Å². The molecule has 0 aliphatic carbocycles. The van der Waals surface area contributed by atoms with Crippen LogP contribution in [-0.2, 0) is 14.4 Å². The molecule has 1 unspecified atom stereocenters. The van der Waals surface area contributed by atoms with E-state index in [4.69, 9.17) is 0 Å². The number of urea groups is 1. The monoisotopic (exact) mass is 408 g/mol. The molecule has 0 spiro atoms. The molecule has 0 aromatic carbocycles. The lowest BCUT2D eigenvalue weighted by Gasteiger charge is -2.20. The minimum Gasteiger partial charge on any atom is -0.322 e. The van der Waals surface area contributed by atoms with Gasteiger partial charge in [0.1, 0.15) is 12.1 Å². The molecule has 0 saturated carbocycles. The second kappa shape index (κ2) is 7.16. The molecule has 2 aliphatic heterocycles. The normalized spacial score (nSPS) is 24.1. The lowest BCUT2D eigenvalue weighted by Crippen LogP contribution is -2.51. The summed E-state index contributed by atoms with van der Waals surface area (Å²) in [6.45, 7) is 2.68. The highest BCUT2D eigenvalue weighted by atomic mass is 32.2. The van der Waals surface area contributed by atoms with Gasteiger partial charge in [0.15, 0.2) is 0 Å². The average molecular weight is 408 g/mol. The number of nitrogens with zero attached hydrogens (tertiary/aromatic N) is 2. The molecule has 3 rings (SSSR count). The van der Waals surface area contributed by atoms with Crippen molar-refractivity contribution < 1.29 is 24.0 Å². The van der Waals surface area contributed by atoms with Crippen molar-refractivity contribution in [2.75, 3.05) is 6.54 Å². The zero-order valence-corrected chi connectivity index (χ0v) is 16.1. The van der Waals surface area contributed by atoms with Gasteiger partial charge >= 0.3 is 6.03 Å². The van der Waals surface area contributed by atoms with E-state index in [-0.39, 0.29) is 4.91 Å². The highest BCUT2D eigenvalue weighted by Crippen LogP contribution is 2.32. The predicted molar refractivity (Wildman–Crippen MR) is 99.2 cm³/mol. The fourth-order valence-electron chi connectivity index (χ4n) is 2.47. The number of hydrazine groups is 1. The van der Waals surface area contributed by atoms with Gasteiger partial charge in [-0.15, -0.1) is 11.3 Å². The van der Waals surface area contributed by atoms with E-state index in [1.807, 2.05) is 11.4 Å². The molecule has 2 N–H and O–H groups in total. The van der Waals surface area contributed by atoms with Crippen molar-refractivity contribution in [1.82, 2.24) is 20.7 Å². The van der Waals surface area contributed by atoms with Crippen molar-refractivity contribution in [3.05, 3.63) is 27.3 Å². The van der Waals surface area contributed by atoms with E-state index < -0.39 is 41.1 Å². The van der Waals surface area contributed by atoms with Crippen molar-refractivity contribution in [2.45, 2.75) is 25.8 Å². The van der Waals surface area contributed by atoms with Gasteiger partial charge in [-0.05, 0) is 42.6 Å². The topological polar surface area (TPSA) is 116 Å². The van der Waals surface area contributed by atoms with E-state index in [2.05, 4.69) is 10.7 Å². The van der Waals surface area contributed by atoms with Gasteiger partial charge in [-0.25, -0.2) is 4.79 Å². The fourth-order valence-corrected chi connectivity index (χ4v) is 4.03. The summed E-state index contributed by atoms with van der Waals surface area (Å²) >= 11 is 2.15. The molecular formula is C16H16N4O5S2. The first-order valence-electron chi connectivity index (χ1n) is 8.00. The van der Waals surface area contributed by atoms with E-state index in [0.29, 0.717) is 11.4 Å². The number of nitrogens with one attached hydrogen (secondary N) is 2. The summed E-state index contributed by atoms with van der Waals surface area (Å²) in [5.74, 6) is -2.02. The standard InChI is InChI=1S/C16H16N4O5S2/c1-3-16(2)13(23)20(14(24)17-16)18-11(21)8-19-12(22)10(27-15(19)25)7-9-5-4-6-26-9/h4-7H,3,8H2,1-2H3,(H,17,24)(H,18,21)/b10-7-. The molecule has 6 amide bonds. The molecule has 2 fully saturated rings. The first-order valence-corrected chi connectivity index (χ1v) is 9.70. The van der Waals surface area contributed by atoms with E-state index >= 15 is 0 Å². The van der Waals surface area contributed by atoms with Crippen LogP contribution in [0.4, 0.5) is 9.59 Å². The molecule has 142 valence electrons. The Labute approximate surface area is 162 Å². The summed E-state index contributed by atoms with van der Waals surface area (Å²) < 4.78 is 0. The van der Waals surface area contributed by atoms with E-state index in [0.717, 1.165) is 21.5 Å². The van der Waals surface area contributed by atoms with Crippen molar-refractivity contribution in [3.8, 4) is 0 Å². The number of hydrogen-bond donors (Lipinski definition) is 2. The van der Waals surface area contributed by atoms with Gasteiger partial charge in [0.25, 0.3) is 23.0 Å². The van der Waals surface area contributed by atoms with Crippen LogP contribution in [0.25, 0.3) is 6.08 Å². The molecule has 27 heavy (non-hydrogen) atoms. The van der Waals surface area contributed by atoms with Crippen LogP contribution < -0.4 is 10.7 Å². The second-order valence-electron chi connectivity index (χ2n) is 6.07. The van der Waals surface area contributed by atoms with Crippen LogP contribution in [0.5, 0.6) is 0 Å². The summed E-state index contributed by atoms with van der Waals surface area (Å²) in [7, 11) is 0. The maximum absolute atomic E-state index is 12.4. The highest BCUT2D eigenvalue weighted by Gasteiger charge is 2.48. The van der Waals surface area contributed by atoms with Gasteiger partial charge in [0, 0.05) is 4.88 Å². The molecule has 1 atom stereocenters. The molecule has 1 aromatic rings. The molecule has 0 radical (unpaired) electrons. The smallest absolute Gasteiger partial charge is 0.322 e. The van der Waals surface area contributed by atoms with Crippen LogP contribution >= 0.6 is 23.1 Å². The van der Waals surface area contributed by atoms with Crippen LogP contribution in [0.2, 0.25) is 0 Å². The Morgan fingerprint density at radius 3 is 2.67 bits per heavy atom. The van der Waals surface area contributed by atoms with Crippen LogP contribution in [0.1, 0.15) is 25.1 Å². The summed E-state index contributed by atoms with van der Waals surface area (Å²) in [6, 6.07) is 2.86. The van der Waals surface area contributed by atoms with Crippen LogP contribution in [0, 0.1) is 0 Å². The number of carbonyl (C=O) groups is 5. The number of imide groups is 2. The quantitative estimate of drug-likeness (QED) is 0.564. The lowest BCUT2D eigenvalue weighted by atomic mass is 10.00. The first-order chi connectivity index (χ1) is 12.7. The van der Waals surface area contributed by atoms with Crippen molar-refractivity contribution in [1.29, 1.82) is 0 Å². The minimum atomic E-state index is -1.10. The van der Waals surface area contributed by atoms with E-state index in [9.17, 15) is 24.0 Å². The fraction of sp³-hybridized carbons (Fsp3) is 0.312. The first kappa shape index (κ1) is 19.1. The number of thiophene rings is 1. The zero-order chi connectivity index (χ0) is 19.8. The molecule has 9 nitrogen and oxygen atoms in total.